The highest BCUT2D eigenvalue weighted by atomic mass is 16.2. The molecule has 3 N–H and O–H groups in total. The van der Waals surface area contributed by atoms with Crippen molar-refractivity contribution in [3.05, 3.63) is 29.6 Å². The third-order valence-electron chi connectivity index (χ3n) is 1.96. The summed E-state index contributed by atoms with van der Waals surface area (Å²) >= 11 is 0. The van der Waals surface area contributed by atoms with Crippen LogP contribution in [0.15, 0.2) is 18.3 Å². The summed E-state index contributed by atoms with van der Waals surface area (Å²) in [5.74, 6) is 0. The zero-order valence-electron chi connectivity index (χ0n) is 7.74. The van der Waals surface area contributed by atoms with E-state index in [1.165, 1.54) is 0 Å². The smallest absolute Gasteiger partial charge is 0.0431 e. The first kappa shape index (κ1) is 10.2. The molecule has 3 nitrogen and oxygen atoms in total. The van der Waals surface area contributed by atoms with Crippen LogP contribution < -0.4 is 5.73 Å². The van der Waals surface area contributed by atoms with Crippen LogP contribution in [-0.4, -0.2) is 16.7 Å². The first-order valence-electron chi connectivity index (χ1n) is 4.61. The second-order valence-electron chi connectivity index (χ2n) is 3.04. The van der Waals surface area contributed by atoms with Crippen LogP contribution in [0.2, 0.25) is 0 Å². The van der Waals surface area contributed by atoms with Crippen LogP contribution in [0, 0.1) is 0 Å². The monoisotopic (exact) mass is 180 g/mol. The lowest BCUT2D eigenvalue weighted by Crippen LogP contribution is -1.98. The summed E-state index contributed by atoms with van der Waals surface area (Å²) in [5.41, 5.74) is 7.58. The second-order valence-corrected chi connectivity index (χ2v) is 3.04. The van der Waals surface area contributed by atoms with Crippen molar-refractivity contribution in [2.75, 3.05) is 6.61 Å². The van der Waals surface area contributed by atoms with Gasteiger partial charge in [0.2, 0.25) is 0 Å². The highest BCUT2D eigenvalue weighted by Gasteiger charge is 1.94. The summed E-state index contributed by atoms with van der Waals surface area (Å²) in [6.45, 7) is 0.810. The molecule has 0 saturated carbocycles. The van der Waals surface area contributed by atoms with Gasteiger partial charge < -0.3 is 10.8 Å². The van der Waals surface area contributed by atoms with Gasteiger partial charge in [0.05, 0.1) is 0 Å². The first-order chi connectivity index (χ1) is 6.36. The minimum Gasteiger partial charge on any atom is -0.396 e. The molecule has 0 radical (unpaired) electrons. The van der Waals surface area contributed by atoms with E-state index in [1.54, 1.807) is 0 Å². The van der Waals surface area contributed by atoms with Crippen LogP contribution in [0.3, 0.4) is 0 Å². The van der Waals surface area contributed by atoms with Gasteiger partial charge in [-0.3, -0.25) is 4.98 Å². The Kier molecular flexibility index (Phi) is 4.43. The highest BCUT2D eigenvalue weighted by molar-refractivity contribution is 5.13. The summed E-state index contributed by atoms with van der Waals surface area (Å²) in [7, 11) is 0. The summed E-state index contributed by atoms with van der Waals surface area (Å²) in [6.07, 6.45) is 4.59. The lowest BCUT2D eigenvalue weighted by molar-refractivity contribution is 0.284. The molecular formula is C10H16N2O. The van der Waals surface area contributed by atoms with Crippen molar-refractivity contribution in [1.29, 1.82) is 0 Å². The number of aliphatic hydroxyl groups is 1. The summed E-state index contributed by atoms with van der Waals surface area (Å²) in [4.78, 5) is 4.26. The van der Waals surface area contributed by atoms with Crippen LogP contribution in [0.1, 0.15) is 24.1 Å². The van der Waals surface area contributed by atoms with Gasteiger partial charge in [-0.2, -0.15) is 0 Å². The maximum absolute atomic E-state index is 8.59. The van der Waals surface area contributed by atoms with E-state index in [4.69, 9.17) is 10.8 Å². The van der Waals surface area contributed by atoms with Gasteiger partial charge in [-0.25, -0.2) is 0 Å². The van der Waals surface area contributed by atoms with Crippen molar-refractivity contribution >= 4 is 0 Å². The van der Waals surface area contributed by atoms with Gasteiger partial charge >= 0.3 is 0 Å². The largest absolute Gasteiger partial charge is 0.396 e. The fraction of sp³-hybridized carbons (Fsp3) is 0.500. The molecule has 1 heterocycles. The Balaban J connectivity index is 2.40. The predicted molar refractivity (Wildman–Crippen MR) is 52.2 cm³/mol. The molecular weight excluding hydrogens is 164 g/mol. The number of hydrogen-bond donors (Lipinski definition) is 2. The Morgan fingerprint density at radius 3 is 2.69 bits per heavy atom. The van der Waals surface area contributed by atoms with Crippen LogP contribution >= 0.6 is 0 Å². The fourth-order valence-electron chi connectivity index (χ4n) is 1.14. The standard InChI is InChI=1S/C10H16N2O/c11-7-9-4-5-10(12-8-9)3-1-2-6-13/h4-5,8,13H,1-3,6-7,11H2. The van der Waals surface area contributed by atoms with E-state index >= 15 is 0 Å². The quantitative estimate of drug-likeness (QED) is 0.660. The molecule has 0 atom stereocenters. The molecule has 0 fully saturated rings. The van der Waals surface area contributed by atoms with Crippen LogP contribution in [0.5, 0.6) is 0 Å². The van der Waals surface area contributed by atoms with Gasteiger partial charge in [-0.15, -0.1) is 0 Å². The molecule has 1 rings (SSSR count). The zero-order chi connectivity index (χ0) is 9.52. The minimum absolute atomic E-state index is 0.265. The SMILES string of the molecule is NCc1ccc(CCCCO)nc1. The normalized spacial score (nSPS) is 10.3. The minimum atomic E-state index is 0.265. The number of nitrogens with zero attached hydrogens (tertiary/aromatic N) is 1. The molecule has 0 saturated heterocycles. The molecule has 1 aromatic rings. The predicted octanol–water partition coefficient (Wildman–Crippen LogP) is 0.855. The first-order valence-corrected chi connectivity index (χ1v) is 4.61. The zero-order valence-corrected chi connectivity index (χ0v) is 7.74. The third-order valence-corrected chi connectivity index (χ3v) is 1.96. The summed E-state index contributed by atoms with van der Waals surface area (Å²) < 4.78 is 0. The van der Waals surface area contributed by atoms with E-state index in [-0.39, 0.29) is 6.61 Å². The van der Waals surface area contributed by atoms with E-state index in [9.17, 15) is 0 Å². The Bertz CT molecular complexity index is 233. The lowest BCUT2D eigenvalue weighted by atomic mass is 10.1. The maximum atomic E-state index is 8.59. The van der Waals surface area contributed by atoms with Gasteiger partial charge in [-0.05, 0) is 30.9 Å². The maximum Gasteiger partial charge on any atom is 0.0431 e. The van der Waals surface area contributed by atoms with E-state index in [0.29, 0.717) is 6.54 Å². The van der Waals surface area contributed by atoms with E-state index in [1.807, 2.05) is 18.3 Å². The van der Waals surface area contributed by atoms with Crippen molar-refractivity contribution in [3.63, 3.8) is 0 Å². The van der Waals surface area contributed by atoms with Crippen molar-refractivity contribution in [1.82, 2.24) is 4.98 Å². The number of aryl methyl sites for hydroxylation is 1. The number of hydrogen-bond acceptors (Lipinski definition) is 3. The Morgan fingerprint density at radius 2 is 2.15 bits per heavy atom. The van der Waals surface area contributed by atoms with Gasteiger partial charge in [0, 0.05) is 25.0 Å². The van der Waals surface area contributed by atoms with Crippen molar-refractivity contribution in [2.45, 2.75) is 25.8 Å². The topological polar surface area (TPSA) is 59.1 Å². The molecule has 0 aliphatic rings. The molecule has 0 unspecified atom stereocenters. The second kappa shape index (κ2) is 5.67. The summed E-state index contributed by atoms with van der Waals surface area (Å²) in [5, 5.41) is 8.59. The number of pyridine rings is 1. The summed E-state index contributed by atoms with van der Waals surface area (Å²) in [6, 6.07) is 4.00. The van der Waals surface area contributed by atoms with Crippen molar-refractivity contribution in [2.24, 2.45) is 5.73 Å². The highest BCUT2D eigenvalue weighted by Crippen LogP contribution is 2.03. The van der Waals surface area contributed by atoms with Gasteiger partial charge in [-0.1, -0.05) is 6.07 Å². The molecule has 0 spiro atoms. The fourth-order valence-corrected chi connectivity index (χ4v) is 1.14. The Hall–Kier alpha value is -0.930. The molecule has 0 aromatic carbocycles. The number of nitrogens with two attached hydrogens (primary N) is 1. The average molecular weight is 180 g/mol. The van der Waals surface area contributed by atoms with E-state index < -0.39 is 0 Å². The third kappa shape index (κ3) is 3.53. The molecule has 13 heavy (non-hydrogen) atoms. The molecule has 1 aromatic heterocycles. The van der Waals surface area contributed by atoms with Crippen molar-refractivity contribution in [3.8, 4) is 0 Å². The molecule has 72 valence electrons. The van der Waals surface area contributed by atoms with Crippen LogP contribution in [-0.2, 0) is 13.0 Å². The molecule has 0 bridgehead atoms. The molecule has 0 aliphatic heterocycles. The number of aliphatic hydroxyl groups excluding tert-OH is 1. The molecule has 0 aliphatic carbocycles. The van der Waals surface area contributed by atoms with Gasteiger partial charge in [0.25, 0.3) is 0 Å². The van der Waals surface area contributed by atoms with E-state index in [0.717, 1.165) is 30.5 Å². The van der Waals surface area contributed by atoms with E-state index in [2.05, 4.69) is 4.98 Å². The average Bonchev–Trinajstić information content (AvgIpc) is 2.19. The van der Waals surface area contributed by atoms with Gasteiger partial charge in [0.15, 0.2) is 0 Å². The number of rotatable bonds is 5. The lowest BCUT2D eigenvalue weighted by Gasteiger charge is -2.00. The molecule has 0 amide bonds. The van der Waals surface area contributed by atoms with Gasteiger partial charge in [0.1, 0.15) is 0 Å². The molecule has 3 heteroatoms. The van der Waals surface area contributed by atoms with Crippen molar-refractivity contribution < 1.29 is 5.11 Å². The van der Waals surface area contributed by atoms with Crippen LogP contribution in [0.25, 0.3) is 0 Å². The number of aromatic nitrogens is 1. The van der Waals surface area contributed by atoms with Crippen LogP contribution in [0.4, 0.5) is 0 Å². The Morgan fingerprint density at radius 1 is 1.31 bits per heavy atom. The number of unbranched alkanes of at least 4 members (excludes halogenated alkanes) is 1. The Labute approximate surface area is 78.6 Å².